The number of para-hydroxylation sites is 1. The molecule has 4 rings (SSSR count). The number of nitrogens with zero attached hydrogens (tertiary/aromatic N) is 2. The van der Waals surface area contributed by atoms with Crippen LogP contribution in [0, 0.1) is 6.92 Å². The van der Waals surface area contributed by atoms with Crippen LogP contribution in [0.2, 0.25) is 0 Å². The molecule has 0 fully saturated rings. The van der Waals surface area contributed by atoms with Crippen LogP contribution in [0.25, 0.3) is 16.6 Å². The Balaban J connectivity index is 1.96. The minimum absolute atomic E-state index is 0.226. The molecule has 0 saturated heterocycles. The van der Waals surface area contributed by atoms with Crippen molar-refractivity contribution < 1.29 is 18.9 Å². The number of hydrogen-bond donors (Lipinski definition) is 0. The second kappa shape index (κ2) is 10.1. The lowest BCUT2D eigenvalue weighted by atomic mass is 10.2. The fourth-order valence-corrected chi connectivity index (χ4v) is 4.75. The van der Waals surface area contributed by atoms with Gasteiger partial charge in [0.1, 0.15) is 11.3 Å². The van der Waals surface area contributed by atoms with Crippen molar-refractivity contribution >= 4 is 22.7 Å². The van der Waals surface area contributed by atoms with Crippen LogP contribution in [0.3, 0.4) is 0 Å². The molecule has 7 nitrogen and oxygen atoms in total. The third-order valence-corrected chi connectivity index (χ3v) is 6.46. The quantitative estimate of drug-likeness (QED) is 0.260. The van der Waals surface area contributed by atoms with Crippen molar-refractivity contribution in [2.75, 3.05) is 28.4 Å². The molecule has 4 aromatic rings. The molecule has 0 radical (unpaired) electrons. The molecule has 1 aromatic heterocycles. The SMILES string of the molecule is COc1ccccc1CSc1nc2c(OC)c(OC)c(OC)cc2c(=O)n1-c1ccc(C)cc1. The first kappa shape index (κ1) is 23.5. The van der Waals surface area contributed by atoms with Gasteiger partial charge >= 0.3 is 0 Å². The summed E-state index contributed by atoms with van der Waals surface area (Å²) in [5.41, 5.74) is 3.01. The zero-order valence-corrected chi connectivity index (χ0v) is 20.6. The first-order chi connectivity index (χ1) is 16.5. The Morgan fingerprint density at radius 1 is 0.853 bits per heavy atom. The van der Waals surface area contributed by atoms with E-state index in [1.807, 2.05) is 55.5 Å². The van der Waals surface area contributed by atoms with Crippen molar-refractivity contribution in [2.45, 2.75) is 17.8 Å². The van der Waals surface area contributed by atoms with Gasteiger partial charge in [0.05, 0.1) is 39.5 Å². The van der Waals surface area contributed by atoms with Gasteiger partial charge in [0.25, 0.3) is 5.56 Å². The Bertz CT molecular complexity index is 1380. The maximum atomic E-state index is 13.8. The van der Waals surface area contributed by atoms with E-state index in [1.165, 1.54) is 33.1 Å². The zero-order chi connectivity index (χ0) is 24.2. The van der Waals surface area contributed by atoms with Gasteiger partial charge in [-0.05, 0) is 31.2 Å². The molecule has 0 unspecified atom stereocenters. The number of aromatic nitrogens is 2. The highest BCUT2D eigenvalue weighted by atomic mass is 32.2. The lowest BCUT2D eigenvalue weighted by molar-refractivity contribution is 0.326. The topological polar surface area (TPSA) is 71.8 Å². The second-order valence-corrected chi connectivity index (χ2v) is 8.46. The lowest BCUT2D eigenvalue weighted by Crippen LogP contribution is -2.22. The Kier molecular flexibility index (Phi) is 6.98. The molecule has 0 amide bonds. The van der Waals surface area contributed by atoms with Gasteiger partial charge in [-0.15, -0.1) is 0 Å². The molecule has 0 aliphatic heterocycles. The molecule has 3 aromatic carbocycles. The van der Waals surface area contributed by atoms with Crippen LogP contribution in [0.15, 0.2) is 64.5 Å². The van der Waals surface area contributed by atoms with E-state index in [2.05, 4.69) is 0 Å². The van der Waals surface area contributed by atoms with Crippen LogP contribution in [-0.2, 0) is 5.75 Å². The first-order valence-electron chi connectivity index (χ1n) is 10.6. The molecule has 0 N–H and O–H groups in total. The van der Waals surface area contributed by atoms with E-state index >= 15 is 0 Å². The largest absolute Gasteiger partial charge is 0.496 e. The molecule has 8 heteroatoms. The minimum Gasteiger partial charge on any atom is -0.496 e. The molecule has 0 spiro atoms. The van der Waals surface area contributed by atoms with Crippen molar-refractivity contribution in [2.24, 2.45) is 0 Å². The molecule has 1 heterocycles. The summed E-state index contributed by atoms with van der Waals surface area (Å²) in [6, 6.07) is 17.2. The highest BCUT2D eigenvalue weighted by molar-refractivity contribution is 7.98. The summed E-state index contributed by atoms with van der Waals surface area (Å²) in [6.07, 6.45) is 0. The van der Waals surface area contributed by atoms with E-state index in [-0.39, 0.29) is 5.56 Å². The smallest absolute Gasteiger partial charge is 0.266 e. The maximum absolute atomic E-state index is 13.8. The zero-order valence-electron chi connectivity index (χ0n) is 19.7. The molecule has 0 aliphatic rings. The van der Waals surface area contributed by atoms with Gasteiger partial charge in [-0.25, -0.2) is 4.98 Å². The van der Waals surface area contributed by atoms with Crippen LogP contribution in [-0.4, -0.2) is 38.0 Å². The van der Waals surface area contributed by atoms with E-state index in [0.29, 0.717) is 39.1 Å². The van der Waals surface area contributed by atoms with Gasteiger partial charge in [0.15, 0.2) is 16.7 Å². The predicted octanol–water partition coefficient (Wildman–Crippen LogP) is 5.02. The Morgan fingerprint density at radius 2 is 1.53 bits per heavy atom. The average Bonchev–Trinajstić information content (AvgIpc) is 2.87. The van der Waals surface area contributed by atoms with Crippen LogP contribution in [0.5, 0.6) is 23.0 Å². The molecular formula is C26H26N2O5S. The molecule has 0 bridgehead atoms. The minimum atomic E-state index is -0.226. The third kappa shape index (κ3) is 4.28. The summed E-state index contributed by atoms with van der Waals surface area (Å²) in [7, 11) is 6.21. The summed E-state index contributed by atoms with van der Waals surface area (Å²) in [5.74, 6) is 2.48. The fourth-order valence-electron chi connectivity index (χ4n) is 3.75. The molecule has 0 atom stereocenters. The van der Waals surface area contributed by atoms with Crippen molar-refractivity contribution in [3.63, 3.8) is 0 Å². The summed E-state index contributed by atoms with van der Waals surface area (Å²) in [4.78, 5) is 18.7. The Labute approximate surface area is 202 Å². The standard InChI is InChI=1S/C26H26N2O5S/c1-16-10-12-18(13-11-16)28-25(29)19-14-21(31-3)23(32-4)24(33-5)22(19)27-26(28)34-15-17-8-6-7-9-20(17)30-2/h6-14H,15H2,1-5H3. The van der Waals surface area contributed by atoms with E-state index < -0.39 is 0 Å². The van der Waals surface area contributed by atoms with Crippen LogP contribution >= 0.6 is 11.8 Å². The lowest BCUT2D eigenvalue weighted by Gasteiger charge is -2.18. The van der Waals surface area contributed by atoms with Crippen molar-refractivity contribution in [1.29, 1.82) is 0 Å². The number of rotatable bonds is 8. The van der Waals surface area contributed by atoms with E-state index in [4.69, 9.17) is 23.9 Å². The third-order valence-electron chi connectivity index (χ3n) is 5.48. The van der Waals surface area contributed by atoms with Crippen LogP contribution in [0.1, 0.15) is 11.1 Å². The average molecular weight is 479 g/mol. The monoisotopic (exact) mass is 478 g/mol. The molecule has 176 valence electrons. The predicted molar refractivity (Wildman–Crippen MR) is 134 cm³/mol. The summed E-state index contributed by atoms with van der Waals surface area (Å²) >= 11 is 1.44. The van der Waals surface area contributed by atoms with Crippen molar-refractivity contribution in [1.82, 2.24) is 9.55 Å². The Morgan fingerprint density at radius 3 is 2.18 bits per heavy atom. The van der Waals surface area contributed by atoms with Gasteiger partial charge in [-0.1, -0.05) is 47.7 Å². The summed E-state index contributed by atoms with van der Waals surface area (Å²) in [6.45, 7) is 2.00. The normalized spacial score (nSPS) is 10.9. The first-order valence-corrected chi connectivity index (χ1v) is 11.6. The van der Waals surface area contributed by atoms with Gasteiger partial charge in [-0.3, -0.25) is 9.36 Å². The Hall–Kier alpha value is -3.65. The van der Waals surface area contributed by atoms with Crippen molar-refractivity contribution in [3.05, 3.63) is 76.1 Å². The van der Waals surface area contributed by atoms with Crippen LogP contribution < -0.4 is 24.5 Å². The number of fused-ring (bicyclic) bond motifs is 1. The van der Waals surface area contributed by atoms with Gasteiger partial charge in [-0.2, -0.15) is 0 Å². The fraction of sp³-hybridized carbons (Fsp3) is 0.231. The second-order valence-electron chi connectivity index (χ2n) is 7.51. The molecule has 34 heavy (non-hydrogen) atoms. The summed E-state index contributed by atoms with van der Waals surface area (Å²) < 4.78 is 23.7. The molecular weight excluding hydrogens is 452 g/mol. The van der Waals surface area contributed by atoms with Crippen molar-refractivity contribution in [3.8, 4) is 28.7 Å². The number of thioether (sulfide) groups is 1. The highest BCUT2D eigenvalue weighted by Crippen LogP contribution is 2.42. The van der Waals surface area contributed by atoms with E-state index in [9.17, 15) is 4.79 Å². The van der Waals surface area contributed by atoms with Gasteiger partial charge < -0.3 is 18.9 Å². The maximum Gasteiger partial charge on any atom is 0.266 e. The number of hydrogen-bond acceptors (Lipinski definition) is 7. The van der Waals surface area contributed by atoms with E-state index in [0.717, 1.165) is 22.6 Å². The highest BCUT2D eigenvalue weighted by Gasteiger charge is 2.23. The number of benzene rings is 3. The summed E-state index contributed by atoms with van der Waals surface area (Å²) in [5, 5.41) is 0.898. The van der Waals surface area contributed by atoms with Crippen LogP contribution in [0.4, 0.5) is 0 Å². The molecule has 0 saturated carbocycles. The number of ether oxygens (including phenoxy) is 4. The van der Waals surface area contributed by atoms with E-state index in [1.54, 1.807) is 17.7 Å². The van der Waals surface area contributed by atoms with Gasteiger partial charge in [0.2, 0.25) is 5.75 Å². The number of methoxy groups -OCH3 is 4. The number of aryl methyl sites for hydroxylation is 1. The molecule has 0 aliphatic carbocycles. The van der Waals surface area contributed by atoms with Gasteiger partial charge in [0, 0.05) is 11.3 Å².